The molecule has 2 heterocycles. The van der Waals surface area contributed by atoms with Gasteiger partial charge in [-0.3, -0.25) is 4.79 Å². The SMILES string of the molecule is Cc1noc(C)c1CC(=O)Nc1cccc2nonc12. The number of nitrogens with zero attached hydrogens (tertiary/aromatic N) is 3. The van der Waals surface area contributed by atoms with Crippen LogP contribution in [-0.4, -0.2) is 21.4 Å². The van der Waals surface area contributed by atoms with E-state index < -0.39 is 0 Å². The third-order valence-corrected chi connectivity index (χ3v) is 3.08. The van der Waals surface area contributed by atoms with Gasteiger partial charge in [-0.2, -0.15) is 0 Å². The van der Waals surface area contributed by atoms with Crippen molar-refractivity contribution >= 4 is 22.6 Å². The number of amides is 1. The third kappa shape index (κ3) is 2.13. The molecule has 0 fully saturated rings. The second kappa shape index (κ2) is 4.76. The van der Waals surface area contributed by atoms with Gasteiger partial charge in [-0.05, 0) is 36.3 Å². The Labute approximate surface area is 113 Å². The minimum atomic E-state index is -0.171. The van der Waals surface area contributed by atoms with E-state index in [2.05, 4.69) is 25.4 Å². The summed E-state index contributed by atoms with van der Waals surface area (Å²) in [6.07, 6.45) is 0.197. The second-order valence-corrected chi connectivity index (χ2v) is 4.47. The average Bonchev–Trinajstić information content (AvgIpc) is 3.01. The van der Waals surface area contributed by atoms with E-state index in [-0.39, 0.29) is 12.3 Å². The lowest BCUT2D eigenvalue weighted by Crippen LogP contribution is -2.15. The molecule has 102 valence electrons. The maximum absolute atomic E-state index is 12.1. The van der Waals surface area contributed by atoms with Crippen LogP contribution in [-0.2, 0) is 11.2 Å². The summed E-state index contributed by atoms with van der Waals surface area (Å²) in [6, 6.07) is 5.28. The molecule has 0 radical (unpaired) electrons. The predicted molar refractivity (Wildman–Crippen MR) is 70.1 cm³/mol. The van der Waals surface area contributed by atoms with Crippen LogP contribution in [0.3, 0.4) is 0 Å². The lowest BCUT2D eigenvalue weighted by molar-refractivity contribution is -0.115. The van der Waals surface area contributed by atoms with E-state index in [4.69, 9.17) is 4.52 Å². The summed E-state index contributed by atoms with van der Waals surface area (Å²) >= 11 is 0. The van der Waals surface area contributed by atoms with Crippen molar-refractivity contribution in [2.75, 3.05) is 5.32 Å². The molecule has 7 heteroatoms. The monoisotopic (exact) mass is 272 g/mol. The largest absolute Gasteiger partial charge is 0.361 e. The third-order valence-electron chi connectivity index (χ3n) is 3.08. The van der Waals surface area contributed by atoms with Crippen LogP contribution >= 0.6 is 0 Å². The molecule has 0 atom stereocenters. The number of aryl methyl sites for hydroxylation is 2. The predicted octanol–water partition coefficient (Wildman–Crippen LogP) is 2.01. The smallest absolute Gasteiger partial charge is 0.229 e. The maximum Gasteiger partial charge on any atom is 0.229 e. The van der Waals surface area contributed by atoms with Crippen LogP contribution in [0.2, 0.25) is 0 Å². The average molecular weight is 272 g/mol. The molecule has 0 aliphatic carbocycles. The van der Waals surface area contributed by atoms with Gasteiger partial charge in [0.1, 0.15) is 11.3 Å². The van der Waals surface area contributed by atoms with Crippen molar-refractivity contribution < 1.29 is 13.9 Å². The van der Waals surface area contributed by atoms with Crippen LogP contribution < -0.4 is 5.32 Å². The number of hydrogen-bond donors (Lipinski definition) is 1. The fraction of sp³-hybridized carbons (Fsp3) is 0.231. The summed E-state index contributed by atoms with van der Waals surface area (Å²) in [6.45, 7) is 3.59. The van der Waals surface area contributed by atoms with E-state index >= 15 is 0 Å². The minimum absolute atomic E-state index is 0.171. The van der Waals surface area contributed by atoms with Gasteiger partial charge < -0.3 is 9.84 Å². The van der Waals surface area contributed by atoms with Gasteiger partial charge in [-0.15, -0.1) is 0 Å². The van der Waals surface area contributed by atoms with Gasteiger partial charge in [-0.1, -0.05) is 11.2 Å². The molecule has 3 rings (SSSR count). The Kier molecular flexibility index (Phi) is 2.94. The topological polar surface area (TPSA) is 94.1 Å². The van der Waals surface area contributed by atoms with Gasteiger partial charge >= 0.3 is 0 Å². The number of aromatic nitrogens is 3. The molecule has 0 saturated carbocycles. The summed E-state index contributed by atoms with van der Waals surface area (Å²) < 4.78 is 9.69. The van der Waals surface area contributed by atoms with Crippen LogP contribution in [0.25, 0.3) is 11.0 Å². The number of fused-ring (bicyclic) bond motifs is 1. The first kappa shape index (κ1) is 12.3. The highest BCUT2D eigenvalue weighted by molar-refractivity contribution is 5.99. The number of rotatable bonds is 3. The standard InChI is InChI=1S/C13H12N4O3/c1-7-9(8(2)19-15-7)6-12(18)14-10-4-3-5-11-13(10)17-20-16-11/h3-5H,6H2,1-2H3,(H,14,18). The van der Waals surface area contributed by atoms with Gasteiger partial charge in [0.25, 0.3) is 0 Å². The van der Waals surface area contributed by atoms with Crippen molar-refractivity contribution in [2.45, 2.75) is 20.3 Å². The molecule has 0 spiro atoms. The van der Waals surface area contributed by atoms with E-state index in [0.717, 1.165) is 11.3 Å². The molecule has 7 nitrogen and oxygen atoms in total. The zero-order chi connectivity index (χ0) is 14.1. The molecule has 1 N–H and O–H groups in total. The summed E-state index contributed by atoms with van der Waals surface area (Å²) in [5.41, 5.74) is 3.21. The van der Waals surface area contributed by atoms with Crippen LogP contribution in [0.15, 0.2) is 27.4 Å². The lowest BCUT2D eigenvalue weighted by Gasteiger charge is -2.04. The zero-order valence-corrected chi connectivity index (χ0v) is 11.0. The Bertz CT molecular complexity index is 755. The van der Waals surface area contributed by atoms with Gasteiger partial charge in [0.05, 0.1) is 17.8 Å². The van der Waals surface area contributed by atoms with Crippen LogP contribution in [0.4, 0.5) is 5.69 Å². The Balaban J connectivity index is 1.81. The molecule has 0 unspecified atom stereocenters. The molecule has 3 aromatic rings. The van der Waals surface area contributed by atoms with Crippen molar-refractivity contribution in [2.24, 2.45) is 0 Å². The minimum Gasteiger partial charge on any atom is -0.361 e. The van der Waals surface area contributed by atoms with Crippen molar-refractivity contribution in [3.05, 3.63) is 35.2 Å². The highest BCUT2D eigenvalue weighted by atomic mass is 16.6. The van der Waals surface area contributed by atoms with Crippen LogP contribution in [0.5, 0.6) is 0 Å². The molecule has 0 bridgehead atoms. The van der Waals surface area contributed by atoms with Gasteiger partial charge in [0.15, 0.2) is 5.52 Å². The Morgan fingerprint density at radius 2 is 2.10 bits per heavy atom. The van der Waals surface area contributed by atoms with E-state index in [1.807, 2.05) is 0 Å². The van der Waals surface area contributed by atoms with E-state index in [9.17, 15) is 4.79 Å². The van der Waals surface area contributed by atoms with Crippen molar-refractivity contribution in [3.63, 3.8) is 0 Å². The maximum atomic E-state index is 12.1. The van der Waals surface area contributed by atoms with Gasteiger partial charge in [0, 0.05) is 5.56 Å². The van der Waals surface area contributed by atoms with Crippen LogP contribution in [0.1, 0.15) is 17.0 Å². The Morgan fingerprint density at radius 1 is 1.25 bits per heavy atom. The number of benzene rings is 1. The van der Waals surface area contributed by atoms with E-state index in [1.54, 1.807) is 32.0 Å². The summed E-state index contributed by atoms with van der Waals surface area (Å²) in [5, 5.41) is 14.1. The lowest BCUT2D eigenvalue weighted by atomic mass is 10.1. The molecule has 0 aliphatic rings. The second-order valence-electron chi connectivity index (χ2n) is 4.47. The fourth-order valence-corrected chi connectivity index (χ4v) is 2.02. The van der Waals surface area contributed by atoms with Crippen LogP contribution in [0, 0.1) is 13.8 Å². The highest BCUT2D eigenvalue weighted by Gasteiger charge is 2.15. The first-order valence-corrected chi connectivity index (χ1v) is 6.08. The normalized spacial score (nSPS) is 10.9. The Hall–Kier alpha value is -2.70. The summed E-state index contributed by atoms with van der Waals surface area (Å²) in [5.74, 6) is 0.480. The van der Waals surface area contributed by atoms with E-state index in [0.29, 0.717) is 22.5 Å². The van der Waals surface area contributed by atoms with Crippen molar-refractivity contribution in [1.29, 1.82) is 0 Å². The molecule has 2 aromatic heterocycles. The van der Waals surface area contributed by atoms with Crippen molar-refractivity contribution in [3.8, 4) is 0 Å². The molecule has 0 saturated heterocycles. The number of carbonyl (C=O) groups is 1. The van der Waals surface area contributed by atoms with Gasteiger partial charge in [-0.25, -0.2) is 4.63 Å². The number of anilines is 1. The molecular weight excluding hydrogens is 260 g/mol. The number of carbonyl (C=O) groups excluding carboxylic acids is 1. The first-order chi connectivity index (χ1) is 9.65. The molecular formula is C13H12N4O3. The summed E-state index contributed by atoms with van der Waals surface area (Å²) in [7, 11) is 0. The number of nitrogens with one attached hydrogen (secondary N) is 1. The van der Waals surface area contributed by atoms with Gasteiger partial charge in [0.2, 0.25) is 5.91 Å². The quantitative estimate of drug-likeness (QED) is 0.783. The summed E-state index contributed by atoms with van der Waals surface area (Å²) in [4.78, 5) is 12.1. The zero-order valence-electron chi connectivity index (χ0n) is 11.0. The molecule has 20 heavy (non-hydrogen) atoms. The first-order valence-electron chi connectivity index (χ1n) is 6.08. The van der Waals surface area contributed by atoms with Crippen molar-refractivity contribution in [1.82, 2.24) is 15.5 Å². The molecule has 1 aromatic carbocycles. The Morgan fingerprint density at radius 3 is 2.85 bits per heavy atom. The molecule has 0 aliphatic heterocycles. The molecule has 1 amide bonds. The van der Waals surface area contributed by atoms with E-state index in [1.165, 1.54) is 0 Å². The fourth-order valence-electron chi connectivity index (χ4n) is 2.02. The number of hydrogen-bond acceptors (Lipinski definition) is 6. The highest BCUT2D eigenvalue weighted by Crippen LogP contribution is 2.20.